The lowest BCUT2D eigenvalue weighted by molar-refractivity contribution is -0.137. The second-order valence-electron chi connectivity index (χ2n) is 8.31. The van der Waals surface area contributed by atoms with Crippen molar-refractivity contribution < 1.29 is 22.4 Å². The normalized spacial score (nSPS) is 15.1. The Bertz CT molecular complexity index is 1300. The summed E-state index contributed by atoms with van der Waals surface area (Å²) in [6.07, 6.45) is -3.41. The monoisotopic (exact) mass is 469 g/mol. The fraction of sp³-hybridized carbons (Fsp3) is 0.292. The summed E-state index contributed by atoms with van der Waals surface area (Å²) in [7, 11) is 0. The van der Waals surface area contributed by atoms with Crippen molar-refractivity contribution in [1.82, 2.24) is 14.8 Å². The Morgan fingerprint density at radius 1 is 1.09 bits per heavy atom. The Morgan fingerprint density at radius 3 is 2.53 bits per heavy atom. The van der Waals surface area contributed by atoms with Crippen LogP contribution in [0.5, 0.6) is 0 Å². The minimum atomic E-state index is -4.55. The number of anilines is 2. The molecule has 1 aliphatic heterocycles. The molecule has 5 rings (SSSR count). The first-order chi connectivity index (χ1) is 16.3. The zero-order chi connectivity index (χ0) is 23.9. The largest absolute Gasteiger partial charge is 0.423 e. The van der Waals surface area contributed by atoms with Crippen LogP contribution in [0.25, 0.3) is 16.8 Å². The molecule has 0 atom stereocenters. The summed E-state index contributed by atoms with van der Waals surface area (Å²) in [4.78, 5) is 19.5. The molecule has 10 heteroatoms. The number of hydrogen-bond donors (Lipinski definition) is 1. The van der Waals surface area contributed by atoms with Gasteiger partial charge in [-0.3, -0.25) is 4.79 Å². The molecule has 0 radical (unpaired) electrons. The highest BCUT2D eigenvalue weighted by Gasteiger charge is 2.35. The molecule has 1 amide bonds. The highest BCUT2D eigenvalue weighted by molar-refractivity contribution is 5.92. The molecule has 0 saturated carbocycles. The minimum absolute atomic E-state index is 0.135. The zero-order valence-corrected chi connectivity index (χ0v) is 18.3. The second kappa shape index (κ2) is 8.51. The van der Waals surface area contributed by atoms with E-state index in [0.717, 1.165) is 16.3 Å². The van der Waals surface area contributed by atoms with Gasteiger partial charge in [-0.05, 0) is 44.0 Å². The van der Waals surface area contributed by atoms with E-state index >= 15 is 0 Å². The molecule has 1 aliphatic rings. The van der Waals surface area contributed by atoms with Crippen LogP contribution in [0.15, 0.2) is 59.0 Å². The van der Waals surface area contributed by atoms with Crippen LogP contribution >= 0.6 is 0 Å². The summed E-state index contributed by atoms with van der Waals surface area (Å²) < 4.78 is 47.5. The van der Waals surface area contributed by atoms with E-state index in [1.54, 1.807) is 13.0 Å². The van der Waals surface area contributed by atoms with Crippen molar-refractivity contribution in [3.8, 4) is 5.69 Å². The number of nitrogens with one attached hydrogen (secondary N) is 1. The number of halogens is 3. The predicted octanol–water partition coefficient (Wildman–Crippen LogP) is 5.20. The Balaban J connectivity index is 1.30. The van der Waals surface area contributed by atoms with Crippen LogP contribution < -0.4 is 10.2 Å². The quantitative estimate of drug-likeness (QED) is 0.445. The third-order valence-corrected chi connectivity index (χ3v) is 5.94. The number of carbonyl (C=O) groups is 1. The summed E-state index contributed by atoms with van der Waals surface area (Å²) >= 11 is 0. The predicted molar refractivity (Wildman–Crippen MR) is 121 cm³/mol. The maximum atomic E-state index is 13.5. The van der Waals surface area contributed by atoms with Crippen molar-refractivity contribution in [2.75, 3.05) is 23.3 Å². The number of aryl methyl sites for hydroxylation is 1. The first-order valence-corrected chi connectivity index (χ1v) is 10.9. The summed E-state index contributed by atoms with van der Waals surface area (Å²) in [5.41, 5.74) is 1.03. The van der Waals surface area contributed by atoms with Crippen molar-refractivity contribution in [1.29, 1.82) is 0 Å². The van der Waals surface area contributed by atoms with E-state index in [9.17, 15) is 18.0 Å². The van der Waals surface area contributed by atoms with Crippen LogP contribution in [0.4, 0.5) is 25.0 Å². The van der Waals surface area contributed by atoms with Gasteiger partial charge < -0.3 is 14.6 Å². The number of para-hydroxylation sites is 3. The molecule has 4 aromatic rings. The highest BCUT2D eigenvalue weighted by atomic mass is 19.4. The van der Waals surface area contributed by atoms with Crippen LogP contribution in [0.1, 0.15) is 24.1 Å². The molecule has 0 aliphatic carbocycles. The molecule has 0 unspecified atom stereocenters. The first kappa shape index (κ1) is 22.0. The fourth-order valence-electron chi connectivity index (χ4n) is 4.23. The van der Waals surface area contributed by atoms with E-state index in [1.807, 2.05) is 29.2 Å². The van der Waals surface area contributed by atoms with E-state index < -0.39 is 11.7 Å². The molecule has 1 fully saturated rings. The van der Waals surface area contributed by atoms with Crippen molar-refractivity contribution in [3.05, 3.63) is 65.9 Å². The maximum absolute atomic E-state index is 13.5. The average Bonchev–Trinajstić information content (AvgIpc) is 3.42. The number of alkyl halides is 3. The molecule has 34 heavy (non-hydrogen) atoms. The number of aromatic nitrogens is 3. The Morgan fingerprint density at radius 2 is 1.79 bits per heavy atom. The molecule has 3 heterocycles. The second-order valence-corrected chi connectivity index (χ2v) is 8.31. The third kappa shape index (κ3) is 4.23. The van der Waals surface area contributed by atoms with Gasteiger partial charge in [0.2, 0.25) is 5.91 Å². The summed E-state index contributed by atoms with van der Waals surface area (Å²) in [5.74, 6) is -0.328. The van der Waals surface area contributed by atoms with Gasteiger partial charge >= 0.3 is 6.18 Å². The van der Waals surface area contributed by atoms with Crippen molar-refractivity contribution in [2.24, 2.45) is 5.92 Å². The van der Waals surface area contributed by atoms with Crippen molar-refractivity contribution >= 4 is 28.8 Å². The van der Waals surface area contributed by atoms with E-state index in [4.69, 9.17) is 4.42 Å². The Labute approximate surface area is 193 Å². The van der Waals surface area contributed by atoms with Crippen LogP contribution in [0.2, 0.25) is 0 Å². The topological polar surface area (TPSA) is 76.2 Å². The van der Waals surface area contributed by atoms with Gasteiger partial charge in [0.15, 0.2) is 5.58 Å². The minimum Gasteiger partial charge on any atom is -0.423 e. The van der Waals surface area contributed by atoms with E-state index in [1.165, 1.54) is 18.2 Å². The number of oxazole rings is 1. The van der Waals surface area contributed by atoms with Gasteiger partial charge in [0, 0.05) is 25.1 Å². The lowest BCUT2D eigenvalue weighted by Gasteiger charge is -2.30. The number of rotatable bonds is 4. The van der Waals surface area contributed by atoms with Crippen LogP contribution in [-0.4, -0.2) is 33.8 Å². The lowest BCUT2D eigenvalue weighted by atomic mass is 9.96. The number of hydrogen-bond acceptors (Lipinski definition) is 5. The maximum Gasteiger partial charge on any atom is 0.418 e. The number of amides is 1. The Kier molecular flexibility index (Phi) is 5.51. The highest BCUT2D eigenvalue weighted by Crippen LogP contribution is 2.35. The molecule has 2 aromatic heterocycles. The molecule has 2 aromatic carbocycles. The lowest BCUT2D eigenvalue weighted by Crippen LogP contribution is -2.38. The summed E-state index contributed by atoms with van der Waals surface area (Å²) in [5, 5.41) is 6.99. The first-order valence-electron chi connectivity index (χ1n) is 10.9. The van der Waals surface area contributed by atoms with E-state index in [0.29, 0.717) is 43.2 Å². The van der Waals surface area contributed by atoms with Gasteiger partial charge in [-0.25, -0.2) is 4.68 Å². The number of nitrogens with zero attached hydrogens (tertiary/aromatic N) is 4. The van der Waals surface area contributed by atoms with Crippen LogP contribution in [0, 0.1) is 12.8 Å². The third-order valence-electron chi connectivity index (χ3n) is 5.94. The molecule has 7 nitrogen and oxygen atoms in total. The van der Waals surface area contributed by atoms with Gasteiger partial charge in [-0.1, -0.05) is 24.3 Å². The molecule has 0 spiro atoms. The van der Waals surface area contributed by atoms with Crippen LogP contribution in [0.3, 0.4) is 0 Å². The van der Waals surface area contributed by atoms with Gasteiger partial charge in [0.1, 0.15) is 11.3 Å². The molecule has 1 N–H and O–H groups in total. The van der Waals surface area contributed by atoms with Crippen molar-refractivity contribution in [3.63, 3.8) is 0 Å². The molecule has 176 valence electrons. The fourth-order valence-corrected chi connectivity index (χ4v) is 4.23. The van der Waals surface area contributed by atoms with Gasteiger partial charge in [0.05, 0.1) is 16.9 Å². The molecular weight excluding hydrogens is 447 g/mol. The Hall–Kier alpha value is -3.82. The van der Waals surface area contributed by atoms with Gasteiger partial charge in [0.25, 0.3) is 6.01 Å². The van der Waals surface area contributed by atoms with Crippen molar-refractivity contribution in [2.45, 2.75) is 25.9 Å². The SMILES string of the molecule is Cc1cc(NC(=O)C2CCN(c3nc4ccccc4o3)CC2)n(-c2ccccc2C(F)(F)F)n1. The van der Waals surface area contributed by atoms with Gasteiger partial charge in [-0.15, -0.1) is 0 Å². The zero-order valence-electron chi connectivity index (χ0n) is 18.3. The van der Waals surface area contributed by atoms with Gasteiger partial charge in [-0.2, -0.15) is 23.3 Å². The van der Waals surface area contributed by atoms with E-state index in [-0.39, 0.29) is 23.3 Å². The summed E-state index contributed by atoms with van der Waals surface area (Å²) in [6.45, 7) is 2.83. The van der Waals surface area contributed by atoms with Crippen LogP contribution in [-0.2, 0) is 11.0 Å². The molecule has 0 bridgehead atoms. The smallest absolute Gasteiger partial charge is 0.418 e. The van der Waals surface area contributed by atoms with E-state index in [2.05, 4.69) is 15.4 Å². The standard InChI is InChI=1S/C24H22F3N5O2/c1-15-14-21(32(30-15)19-8-4-2-6-17(19)24(25,26)27)29-22(33)16-10-12-31(13-11-16)23-28-18-7-3-5-9-20(18)34-23/h2-9,14,16H,10-13H2,1H3,(H,29,33). The summed E-state index contributed by atoms with van der Waals surface area (Å²) in [6, 6.07) is 14.8. The molecule has 1 saturated heterocycles. The number of fused-ring (bicyclic) bond motifs is 1. The molecular formula is C24H22F3N5O2. The number of benzene rings is 2. The number of carbonyl (C=O) groups excluding carboxylic acids is 1. The average molecular weight is 469 g/mol. The number of piperidine rings is 1.